The van der Waals surface area contributed by atoms with Crippen molar-refractivity contribution < 1.29 is 5.11 Å². The molecule has 0 aliphatic heterocycles. The second kappa shape index (κ2) is 4.60. The van der Waals surface area contributed by atoms with Crippen LogP contribution in [0.4, 0.5) is 0 Å². The molecule has 0 fully saturated rings. The minimum Gasteiger partial charge on any atom is -0.387 e. The normalized spacial score (nSPS) is 15.9. The molecule has 3 N–H and O–H groups in total. The van der Waals surface area contributed by atoms with Crippen LogP contribution >= 0.6 is 11.3 Å². The topological polar surface area (TPSA) is 46.2 Å². The largest absolute Gasteiger partial charge is 0.387 e. The molecule has 2 atom stereocenters. The second-order valence-electron chi connectivity index (χ2n) is 2.86. The Labute approximate surface area is 77.0 Å². The zero-order chi connectivity index (χ0) is 8.97. The van der Waals surface area contributed by atoms with Crippen molar-refractivity contribution in [1.29, 1.82) is 0 Å². The van der Waals surface area contributed by atoms with E-state index in [0.29, 0.717) is 6.54 Å². The molecule has 0 amide bonds. The first-order valence-electron chi connectivity index (χ1n) is 4.21. The predicted octanol–water partition coefficient (Wildman–Crippen LogP) is 1.77. The first-order chi connectivity index (χ1) is 5.79. The van der Waals surface area contributed by atoms with Crippen molar-refractivity contribution in [2.24, 2.45) is 11.7 Å². The van der Waals surface area contributed by atoms with Crippen molar-refractivity contribution in [3.05, 3.63) is 22.4 Å². The summed E-state index contributed by atoms with van der Waals surface area (Å²) in [6, 6.07) is 3.90. The predicted molar refractivity (Wildman–Crippen MR) is 52.1 cm³/mol. The van der Waals surface area contributed by atoms with E-state index in [9.17, 15) is 5.11 Å². The molecule has 12 heavy (non-hydrogen) atoms. The van der Waals surface area contributed by atoms with Crippen LogP contribution in [0.15, 0.2) is 17.5 Å². The van der Waals surface area contributed by atoms with Gasteiger partial charge in [-0.05, 0) is 24.4 Å². The third-order valence-electron chi connectivity index (χ3n) is 2.11. The van der Waals surface area contributed by atoms with Crippen molar-refractivity contribution >= 4 is 11.3 Å². The van der Waals surface area contributed by atoms with Crippen LogP contribution in [-0.4, -0.2) is 11.7 Å². The van der Waals surface area contributed by atoms with E-state index in [2.05, 4.69) is 0 Å². The van der Waals surface area contributed by atoms with E-state index in [4.69, 9.17) is 5.73 Å². The van der Waals surface area contributed by atoms with Crippen LogP contribution in [0.5, 0.6) is 0 Å². The summed E-state index contributed by atoms with van der Waals surface area (Å²) in [6.07, 6.45) is 0.551. The molecule has 68 valence electrons. The Morgan fingerprint density at radius 3 is 2.83 bits per heavy atom. The van der Waals surface area contributed by atoms with Crippen LogP contribution in [0.25, 0.3) is 0 Å². The highest BCUT2D eigenvalue weighted by atomic mass is 32.1. The summed E-state index contributed by atoms with van der Waals surface area (Å²) in [6.45, 7) is 2.60. The van der Waals surface area contributed by atoms with Crippen LogP contribution in [0.3, 0.4) is 0 Å². The van der Waals surface area contributed by atoms with Crippen LogP contribution in [0, 0.1) is 5.92 Å². The van der Waals surface area contributed by atoms with Gasteiger partial charge in [-0.15, -0.1) is 11.3 Å². The standard InChI is InChI=1S/C9H15NOS/c1-2-7(6-10)9(11)8-4-3-5-12-8/h3-5,7,9,11H,2,6,10H2,1H3. The van der Waals surface area contributed by atoms with Crippen molar-refractivity contribution in [2.75, 3.05) is 6.54 Å². The fourth-order valence-electron chi connectivity index (χ4n) is 1.21. The maximum Gasteiger partial charge on any atom is 0.0921 e. The summed E-state index contributed by atoms with van der Waals surface area (Å²) in [4.78, 5) is 1.02. The van der Waals surface area contributed by atoms with E-state index in [1.165, 1.54) is 0 Å². The Hall–Kier alpha value is -0.380. The lowest BCUT2D eigenvalue weighted by Crippen LogP contribution is -2.20. The highest BCUT2D eigenvalue weighted by molar-refractivity contribution is 7.10. The van der Waals surface area contributed by atoms with Gasteiger partial charge in [-0.1, -0.05) is 13.0 Å². The third kappa shape index (κ3) is 2.06. The first kappa shape index (κ1) is 9.71. The van der Waals surface area contributed by atoms with Gasteiger partial charge in [-0.25, -0.2) is 0 Å². The Morgan fingerprint density at radius 1 is 1.67 bits per heavy atom. The maximum atomic E-state index is 9.80. The smallest absolute Gasteiger partial charge is 0.0921 e. The summed E-state index contributed by atoms with van der Waals surface area (Å²) < 4.78 is 0. The molecule has 1 aromatic rings. The SMILES string of the molecule is CCC(CN)C(O)c1cccs1. The van der Waals surface area contributed by atoms with Crippen LogP contribution in [0.2, 0.25) is 0 Å². The van der Waals surface area contributed by atoms with Gasteiger partial charge in [0.2, 0.25) is 0 Å². The third-order valence-corrected chi connectivity index (χ3v) is 3.05. The lowest BCUT2D eigenvalue weighted by atomic mass is 9.99. The molecule has 0 spiro atoms. The summed E-state index contributed by atoms with van der Waals surface area (Å²) >= 11 is 1.58. The van der Waals surface area contributed by atoms with Gasteiger partial charge in [0, 0.05) is 10.8 Å². The monoisotopic (exact) mass is 185 g/mol. The van der Waals surface area contributed by atoms with Gasteiger partial charge in [0.05, 0.1) is 6.10 Å². The minimum absolute atomic E-state index is 0.198. The highest BCUT2D eigenvalue weighted by Crippen LogP contribution is 2.26. The van der Waals surface area contributed by atoms with Crippen molar-refractivity contribution in [2.45, 2.75) is 19.4 Å². The Kier molecular flexibility index (Phi) is 3.72. The van der Waals surface area contributed by atoms with Gasteiger partial charge in [-0.2, -0.15) is 0 Å². The zero-order valence-corrected chi connectivity index (χ0v) is 8.05. The van der Waals surface area contributed by atoms with Gasteiger partial charge < -0.3 is 10.8 Å². The molecular formula is C9H15NOS. The highest BCUT2D eigenvalue weighted by Gasteiger charge is 2.17. The van der Waals surface area contributed by atoms with E-state index < -0.39 is 0 Å². The van der Waals surface area contributed by atoms with Crippen molar-refractivity contribution in [3.8, 4) is 0 Å². The molecule has 0 aliphatic carbocycles. The number of rotatable bonds is 4. The quantitative estimate of drug-likeness (QED) is 0.751. The lowest BCUT2D eigenvalue weighted by molar-refractivity contribution is 0.113. The second-order valence-corrected chi connectivity index (χ2v) is 3.84. The zero-order valence-electron chi connectivity index (χ0n) is 7.23. The summed E-state index contributed by atoms with van der Waals surface area (Å²) in [5.41, 5.74) is 5.53. The molecule has 0 bridgehead atoms. The van der Waals surface area contributed by atoms with E-state index in [-0.39, 0.29) is 12.0 Å². The van der Waals surface area contributed by atoms with E-state index in [0.717, 1.165) is 11.3 Å². The molecule has 3 heteroatoms. The molecule has 1 aromatic heterocycles. The van der Waals surface area contributed by atoms with Gasteiger partial charge in [0.25, 0.3) is 0 Å². The van der Waals surface area contributed by atoms with E-state index >= 15 is 0 Å². The molecule has 0 saturated carbocycles. The molecule has 0 saturated heterocycles. The van der Waals surface area contributed by atoms with Crippen molar-refractivity contribution in [1.82, 2.24) is 0 Å². The van der Waals surface area contributed by atoms with Gasteiger partial charge in [0.15, 0.2) is 0 Å². The lowest BCUT2D eigenvalue weighted by Gasteiger charge is -2.18. The average Bonchev–Trinajstić information content (AvgIpc) is 2.58. The molecule has 0 aromatic carbocycles. The summed E-state index contributed by atoms with van der Waals surface area (Å²) in [7, 11) is 0. The van der Waals surface area contributed by atoms with E-state index in [1.54, 1.807) is 11.3 Å². The number of nitrogens with two attached hydrogens (primary N) is 1. The molecule has 0 radical (unpaired) electrons. The Bertz CT molecular complexity index is 206. The van der Waals surface area contributed by atoms with Crippen molar-refractivity contribution in [3.63, 3.8) is 0 Å². The fourth-order valence-corrected chi connectivity index (χ4v) is 2.01. The van der Waals surface area contributed by atoms with E-state index in [1.807, 2.05) is 24.4 Å². The molecule has 0 aliphatic rings. The maximum absolute atomic E-state index is 9.80. The summed E-state index contributed by atoms with van der Waals surface area (Å²) in [5, 5.41) is 11.8. The molecule has 1 heterocycles. The fraction of sp³-hybridized carbons (Fsp3) is 0.556. The molecule has 1 rings (SSSR count). The van der Waals surface area contributed by atoms with Crippen LogP contribution < -0.4 is 5.73 Å². The Balaban J connectivity index is 2.63. The molecular weight excluding hydrogens is 170 g/mol. The number of hydrogen-bond acceptors (Lipinski definition) is 3. The van der Waals surface area contributed by atoms with Gasteiger partial charge in [-0.3, -0.25) is 0 Å². The minimum atomic E-state index is -0.375. The van der Waals surface area contributed by atoms with Gasteiger partial charge >= 0.3 is 0 Å². The average molecular weight is 185 g/mol. The molecule has 2 unspecified atom stereocenters. The van der Waals surface area contributed by atoms with Crippen LogP contribution in [-0.2, 0) is 0 Å². The Morgan fingerprint density at radius 2 is 2.42 bits per heavy atom. The number of hydrogen-bond donors (Lipinski definition) is 2. The molecule has 2 nitrogen and oxygen atoms in total. The first-order valence-corrected chi connectivity index (χ1v) is 5.09. The number of aliphatic hydroxyl groups is 1. The summed E-state index contributed by atoms with van der Waals surface area (Å²) in [5.74, 6) is 0.198. The number of aliphatic hydroxyl groups excluding tert-OH is 1. The number of thiophene rings is 1. The van der Waals surface area contributed by atoms with Gasteiger partial charge in [0.1, 0.15) is 0 Å². The van der Waals surface area contributed by atoms with Crippen LogP contribution in [0.1, 0.15) is 24.3 Å².